The lowest BCUT2D eigenvalue weighted by Gasteiger charge is -2.14. The standard InChI is InChI=1S/C19H25N3O4S.ClH/c1-14(2)26-17-10-8-16(9-11-17)22-27(24,25)13-19(23)21-12-18(20)15-6-4-3-5-7-15;/h3-11,14,18,22H,12-13,20H2,1-2H3,(H,21,23);1H. The Morgan fingerprint density at radius 2 is 1.68 bits per heavy atom. The number of halogens is 1. The van der Waals surface area contributed by atoms with E-state index in [-0.39, 0.29) is 25.1 Å². The minimum Gasteiger partial charge on any atom is -0.491 e. The van der Waals surface area contributed by atoms with Gasteiger partial charge in [-0.3, -0.25) is 9.52 Å². The Bertz CT molecular complexity index is 843. The van der Waals surface area contributed by atoms with Crippen LogP contribution >= 0.6 is 12.4 Å². The zero-order valence-electron chi connectivity index (χ0n) is 15.8. The summed E-state index contributed by atoms with van der Waals surface area (Å²) in [6.07, 6.45) is 0.0264. The Labute approximate surface area is 172 Å². The largest absolute Gasteiger partial charge is 0.491 e. The molecule has 1 atom stereocenters. The Hall–Kier alpha value is -2.29. The van der Waals surface area contributed by atoms with Crippen molar-refractivity contribution in [2.75, 3.05) is 17.0 Å². The van der Waals surface area contributed by atoms with Gasteiger partial charge in [-0.15, -0.1) is 12.4 Å². The fraction of sp³-hybridized carbons (Fsp3) is 0.316. The van der Waals surface area contributed by atoms with Crippen molar-refractivity contribution in [2.45, 2.75) is 26.0 Å². The molecule has 2 aromatic rings. The van der Waals surface area contributed by atoms with Gasteiger partial charge in [0.2, 0.25) is 15.9 Å². The number of nitrogens with two attached hydrogens (primary N) is 1. The topological polar surface area (TPSA) is 111 Å². The number of nitrogens with one attached hydrogen (secondary N) is 2. The van der Waals surface area contributed by atoms with E-state index in [0.29, 0.717) is 11.4 Å². The van der Waals surface area contributed by atoms with Crippen molar-refractivity contribution in [1.29, 1.82) is 0 Å². The molecule has 0 heterocycles. The molecule has 154 valence electrons. The predicted octanol–water partition coefficient (Wildman–Crippen LogP) is 2.45. The summed E-state index contributed by atoms with van der Waals surface area (Å²) in [5.41, 5.74) is 7.21. The molecule has 0 aliphatic rings. The van der Waals surface area contributed by atoms with Crippen molar-refractivity contribution in [2.24, 2.45) is 5.73 Å². The number of amides is 1. The zero-order chi connectivity index (χ0) is 19.9. The first-order valence-corrected chi connectivity index (χ1v) is 10.2. The van der Waals surface area contributed by atoms with E-state index in [9.17, 15) is 13.2 Å². The summed E-state index contributed by atoms with van der Waals surface area (Å²) in [7, 11) is -3.83. The number of ether oxygens (including phenoxy) is 1. The molecule has 9 heteroatoms. The van der Waals surface area contributed by atoms with Crippen molar-refractivity contribution >= 4 is 34.0 Å². The maximum atomic E-state index is 12.2. The third-order valence-electron chi connectivity index (χ3n) is 3.57. The van der Waals surface area contributed by atoms with Crippen molar-refractivity contribution in [3.63, 3.8) is 0 Å². The van der Waals surface area contributed by atoms with E-state index in [4.69, 9.17) is 10.5 Å². The molecular weight excluding hydrogens is 402 g/mol. The van der Waals surface area contributed by atoms with Gasteiger partial charge in [0.05, 0.1) is 6.10 Å². The molecule has 2 aromatic carbocycles. The Morgan fingerprint density at radius 1 is 1.07 bits per heavy atom. The first kappa shape index (κ1) is 23.7. The summed E-state index contributed by atoms with van der Waals surface area (Å²) in [6, 6.07) is 15.4. The highest BCUT2D eigenvalue weighted by molar-refractivity contribution is 7.93. The maximum Gasteiger partial charge on any atom is 0.241 e. The minimum atomic E-state index is -3.83. The van der Waals surface area contributed by atoms with Gasteiger partial charge in [0.15, 0.2) is 0 Å². The lowest BCUT2D eigenvalue weighted by Crippen LogP contribution is -2.37. The molecule has 0 aliphatic heterocycles. The molecule has 0 radical (unpaired) electrons. The lowest BCUT2D eigenvalue weighted by molar-refractivity contribution is -0.118. The number of hydrogen-bond donors (Lipinski definition) is 3. The molecule has 0 saturated carbocycles. The van der Waals surface area contributed by atoms with Crippen LogP contribution in [0, 0.1) is 0 Å². The highest BCUT2D eigenvalue weighted by atomic mass is 35.5. The number of hydrogen-bond acceptors (Lipinski definition) is 5. The summed E-state index contributed by atoms with van der Waals surface area (Å²) in [6.45, 7) is 3.96. The van der Waals surface area contributed by atoms with Crippen LogP contribution in [0.1, 0.15) is 25.5 Å². The second-order valence-electron chi connectivity index (χ2n) is 6.37. The smallest absolute Gasteiger partial charge is 0.241 e. The van der Waals surface area contributed by atoms with Gasteiger partial charge in [0.1, 0.15) is 11.5 Å². The number of carbonyl (C=O) groups is 1. The molecule has 2 rings (SSSR count). The molecular formula is C19H26ClN3O4S. The van der Waals surface area contributed by atoms with Gasteiger partial charge in [0, 0.05) is 18.3 Å². The van der Waals surface area contributed by atoms with E-state index in [2.05, 4.69) is 10.0 Å². The normalized spacial score (nSPS) is 12.0. The summed E-state index contributed by atoms with van der Waals surface area (Å²) in [4.78, 5) is 12.0. The molecule has 0 fully saturated rings. The Balaban J connectivity index is 0.00000392. The molecule has 28 heavy (non-hydrogen) atoms. The summed E-state index contributed by atoms with van der Waals surface area (Å²) in [5.74, 6) is -0.659. The highest BCUT2D eigenvalue weighted by Gasteiger charge is 2.17. The van der Waals surface area contributed by atoms with Gasteiger partial charge in [0.25, 0.3) is 0 Å². The zero-order valence-corrected chi connectivity index (χ0v) is 17.4. The minimum absolute atomic E-state index is 0. The number of rotatable bonds is 9. The SMILES string of the molecule is CC(C)Oc1ccc(NS(=O)(=O)CC(=O)NCC(N)c2ccccc2)cc1.Cl. The summed E-state index contributed by atoms with van der Waals surface area (Å²) in [5, 5.41) is 2.55. The van der Waals surface area contributed by atoms with Crippen LogP contribution in [0.3, 0.4) is 0 Å². The number of benzene rings is 2. The second-order valence-corrected chi connectivity index (χ2v) is 8.10. The van der Waals surface area contributed by atoms with Crippen LogP contribution in [0.25, 0.3) is 0 Å². The molecule has 1 amide bonds. The Morgan fingerprint density at radius 3 is 2.25 bits per heavy atom. The molecule has 0 aliphatic carbocycles. The van der Waals surface area contributed by atoms with Crippen LogP contribution in [-0.4, -0.2) is 32.7 Å². The highest BCUT2D eigenvalue weighted by Crippen LogP contribution is 2.18. The van der Waals surface area contributed by atoms with E-state index < -0.39 is 27.7 Å². The fourth-order valence-corrected chi connectivity index (χ4v) is 3.37. The van der Waals surface area contributed by atoms with Crippen molar-refractivity contribution in [3.8, 4) is 5.75 Å². The number of carbonyl (C=O) groups excluding carboxylic acids is 1. The van der Waals surface area contributed by atoms with E-state index in [1.807, 2.05) is 44.2 Å². The summed E-state index contributed by atoms with van der Waals surface area (Å²) < 4.78 is 32.2. The lowest BCUT2D eigenvalue weighted by atomic mass is 10.1. The average Bonchev–Trinajstić information content (AvgIpc) is 2.61. The quantitative estimate of drug-likeness (QED) is 0.569. The van der Waals surface area contributed by atoms with Gasteiger partial charge in [-0.2, -0.15) is 0 Å². The van der Waals surface area contributed by atoms with E-state index in [0.717, 1.165) is 5.56 Å². The van der Waals surface area contributed by atoms with Gasteiger partial charge in [-0.05, 0) is 43.7 Å². The van der Waals surface area contributed by atoms with Crippen molar-refractivity contribution < 1.29 is 17.9 Å². The maximum absolute atomic E-state index is 12.2. The van der Waals surface area contributed by atoms with Crippen molar-refractivity contribution in [1.82, 2.24) is 5.32 Å². The number of sulfonamides is 1. The third kappa shape index (κ3) is 8.16. The Kier molecular flexibility index (Phi) is 9.24. The third-order valence-corrected chi connectivity index (χ3v) is 4.76. The molecule has 0 aromatic heterocycles. The average molecular weight is 428 g/mol. The van der Waals surface area contributed by atoms with E-state index in [1.165, 1.54) is 0 Å². The molecule has 0 bridgehead atoms. The molecule has 1 unspecified atom stereocenters. The second kappa shape index (κ2) is 10.9. The van der Waals surface area contributed by atoms with Gasteiger partial charge >= 0.3 is 0 Å². The van der Waals surface area contributed by atoms with Crippen LogP contribution in [0.5, 0.6) is 5.75 Å². The van der Waals surface area contributed by atoms with E-state index in [1.54, 1.807) is 24.3 Å². The van der Waals surface area contributed by atoms with Crippen LogP contribution in [-0.2, 0) is 14.8 Å². The molecule has 0 spiro atoms. The van der Waals surface area contributed by atoms with Crippen LogP contribution < -0.4 is 20.5 Å². The fourth-order valence-electron chi connectivity index (χ4n) is 2.35. The van der Waals surface area contributed by atoms with E-state index >= 15 is 0 Å². The van der Waals surface area contributed by atoms with Crippen molar-refractivity contribution in [3.05, 3.63) is 60.2 Å². The predicted molar refractivity (Wildman–Crippen MR) is 113 cm³/mol. The number of anilines is 1. The molecule has 4 N–H and O–H groups in total. The summed E-state index contributed by atoms with van der Waals surface area (Å²) >= 11 is 0. The first-order chi connectivity index (χ1) is 12.7. The van der Waals surface area contributed by atoms with Crippen LogP contribution in [0.4, 0.5) is 5.69 Å². The molecule has 7 nitrogen and oxygen atoms in total. The first-order valence-electron chi connectivity index (χ1n) is 8.59. The van der Waals surface area contributed by atoms with Gasteiger partial charge in [-0.1, -0.05) is 30.3 Å². The molecule has 0 saturated heterocycles. The van der Waals surface area contributed by atoms with Crippen LogP contribution in [0.2, 0.25) is 0 Å². The van der Waals surface area contributed by atoms with Gasteiger partial charge < -0.3 is 15.8 Å². The van der Waals surface area contributed by atoms with Gasteiger partial charge in [-0.25, -0.2) is 8.42 Å². The monoisotopic (exact) mass is 427 g/mol. The van der Waals surface area contributed by atoms with Crippen LogP contribution in [0.15, 0.2) is 54.6 Å².